The van der Waals surface area contributed by atoms with E-state index in [4.69, 9.17) is 0 Å². The Labute approximate surface area is 124 Å². The molecule has 0 saturated heterocycles. The topological polar surface area (TPSA) is 15.3 Å². The Morgan fingerprint density at radius 1 is 1.26 bits per heavy atom. The van der Waals surface area contributed by atoms with E-state index in [2.05, 4.69) is 51.3 Å². The van der Waals surface area contributed by atoms with Crippen LogP contribution in [0.1, 0.15) is 44.6 Å². The van der Waals surface area contributed by atoms with Crippen molar-refractivity contribution in [2.45, 2.75) is 57.7 Å². The van der Waals surface area contributed by atoms with Gasteiger partial charge in [-0.2, -0.15) is 0 Å². The van der Waals surface area contributed by atoms with Crippen molar-refractivity contribution in [2.24, 2.45) is 0 Å². The van der Waals surface area contributed by atoms with Crippen molar-refractivity contribution >= 4 is 21.6 Å². The van der Waals surface area contributed by atoms with Gasteiger partial charge in [0, 0.05) is 35.3 Å². The molecule has 0 spiro atoms. The van der Waals surface area contributed by atoms with Gasteiger partial charge in [-0.3, -0.25) is 0 Å². The molecule has 2 fully saturated rings. The van der Waals surface area contributed by atoms with Gasteiger partial charge in [0.1, 0.15) is 0 Å². The Bertz CT molecular complexity index is 438. The van der Waals surface area contributed by atoms with Crippen molar-refractivity contribution in [1.82, 2.24) is 5.32 Å². The zero-order valence-electron chi connectivity index (χ0n) is 11.7. The maximum absolute atomic E-state index is 3.65. The van der Waals surface area contributed by atoms with Crippen LogP contribution < -0.4 is 10.2 Å². The lowest BCUT2D eigenvalue weighted by Crippen LogP contribution is -2.28. The molecule has 2 nitrogen and oxygen atoms in total. The third-order valence-electron chi connectivity index (χ3n) is 3.97. The Morgan fingerprint density at radius 3 is 2.68 bits per heavy atom. The Morgan fingerprint density at radius 2 is 2.05 bits per heavy atom. The summed E-state index contributed by atoms with van der Waals surface area (Å²) in [6, 6.07) is 8.31. The van der Waals surface area contributed by atoms with Crippen LogP contribution in [0.15, 0.2) is 22.7 Å². The maximum Gasteiger partial charge on any atom is 0.0425 e. The van der Waals surface area contributed by atoms with E-state index < -0.39 is 0 Å². The van der Waals surface area contributed by atoms with Crippen molar-refractivity contribution in [3.8, 4) is 0 Å². The fourth-order valence-electron chi connectivity index (χ4n) is 2.62. The van der Waals surface area contributed by atoms with Crippen LogP contribution in [0.4, 0.5) is 5.69 Å². The SMILES string of the molecule is CCCN(c1cc(Br)ccc1CNC1CC1)C1CC1. The maximum atomic E-state index is 3.65. The Balaban J connectivity index is 1.80. The van der Waals surface area contributed by atoms with Gasteiger partial charge in [-0.25, -0.2) is 0 Å². The second kappa shape index (κ2) is 5.84. The van der Waals surface area contributed by atoms with Crippen LogP contribution >= 0.6 is 15.9 Å². The van der Waals surface area contributed by atoms with Crippen LogP contribution in [-0.4, -0.2) is 18.6 Å². The molecule has 0 amide bonds. The molecule has 104 valence electrons. The molecule has 0 aliphatic heterocycles. The molecule has 1 N–H and O–H groups in total. The Kier molecular flexibility index (Phi) is 4.13. The van der Waals surface area contributed by atoms with Gasteiger partial charge in [0.05, 0.1) is 0 Å². The van der Waals surface area contributed by atoms with Crippen LogP contribution in [0.5, 0.6) is 0 Å². The van der Waals surface area contributed by atoms with Crippen LogP contribution in [0.2, 0.25) is 0 Å². The third-order valence-corrected chi connectivity index (χ3v) is 4.46. The van der Waals surface area contributed by atoms with Crippen molar-refractivity contribution in [3.63, 3.8) is 0 Å². The molecule has 0 bridgehead atoms. The predicted octanol–water partition coefficient (Wildman–Crippen LogP) is 4.08. The minimum Gasteiger partial charge on any atom is -0.368 e. The van der Waals surface area contributed by atoms with Gasteiger partial charge < -0.3 is 10.2 Å². The number of benzene rings is 1. The Hall–Kier alpha value is -0.540. The molecule has 0 atom stereocenters. The fourth-order valence-corrected chi connectivity index (χ4v) is 2.97. The highest BCUT2D eigenvalue weighted by Gasteiger charge is 2.30. The molecule has 0 unspecified atom stereocenters. The lowest BCUT2D eigenvalue weighted by atomic mass is 10.1. The van der Waals surface area contributed by atoms with Crippen molar-refractivity contribution < 1.29 is 0 Å². The average molecular weight is 323 g/mol. The number of halogens is 1. The molecule has 3 rings (SSSR count). The quantitative estimate of drug-likeness (QED) is 0.813. The van der Waals surface area contributed by atoms with Crippen LogP contribution in [-0.2, 0) is 6.54 Å². The summed E-state index contributed by atoms with van der Waals surface area (Å²) < 4.78 is 1.19. The van der Waals surface area contributed by atoms with Gasteiger partial charge in [0.2, 0.25) is 0 Å². The average Bonchev–Trinajstić information content (AvgIpc) is 3.28. The number of hydrogen-bond donors (Lipinski definition) is 1. The highest BCUT2D eigenvalue weighted by molar-refractivity contribution is 9.10. The summed E-state index contributed by atoms with van der Waals surface area (Å²) in [5.74, 6) is 0. The standard InChI is InChI=1S/C16H23BrN2/c1-2-9-19(15-7-8-15)16-10-13(17)4-3-12(16)11-18-14-5-6-14/h3-4,10,14-15,18H,2,5-9,11H2,1H3. The molecule has 0 aromatic heterocycles. The van der Waals surface area contributed by atoms with Crippen molar-refractivity contribution in [1.29, 1.82) is 0 Å². The monoisotopic (exact) mass is 322 g/mol. The molecule has 0 radical (unpaired) electrons. The van der Waals surface area contributed by atoms with Crippen LogP contribution in [0, 0.1) is 0 Å². The predicted molar refractivity (Wildman–Crippen MR) is 84.7 cm³/mol. The largest absolute Gasteiger partial charge is 0.368 e. The summed E-state index contributed by atoms with van der Waals surface area (Å²) in [5.41, 5.74) is 2.89. The number of nitrogens with one attached hydrogen (secondary N) is 1. The molecular formula is C16H23BrN2. The summed E-state index contributed by atoms with van der Waals surface area (Å²) in [4.78, 5) is 2.62. The second-order valence-electron chi connectivity index (χ2n) is 5.85. The first-order valence-corrected chi connectivity index (χ1v) is 8.35. The van der Waals surface area contributed by atoms with Crippen molar-refractivity contribution in [2.75, 3.05) is 11.4 Å². The molecule has 19 heavy (non-hydrogen) atoms. The zero-order chi connectivity index (χ0) is 13.2. The zero-order valence-corrected chi connectivity index (χ0v) is 13.2. The van der Waals surface area contributed by atoms with E-state index in [0.717, 1.165) is 18.6 Å². The van der Waals surface area contributed by atoms with E-state index in [0.29, 0.717) is 0 Å². The summed E-state index contributed by atoms with van der Waals surface area (Å²) in [5, 5.41) is 3.65. The van der Waals surface area contributed by atoms with E-state index in [1.807, 2.05) is 0 Å². The molecule has 2 saturated carbocycles. The number of hydrogen-bond acceptors (Lipinski definition) is 2. The minimum absolute atomic E-state index is 0.775. The highest BCUT2D eigenvalue weighted by atomic mass is 79.9. The molecule has 2 aliphatic carbocycles. The van der Waals surface area contributed by atoms with E-state index >= 15 is 0 Å². The van der Waals surface area contributed by atoms with Crippen molar-refractivity contribution in [3.05, 3.63) is 28.2 Å². The molecule has 1 aromatic rings. The minimum atomic E-state index is 0.775. The summed E-state index contributed by atoms with van der Waals surface area (Å²) in [6.07, 6.45) is 6.66. The number of nitrogens with zero attached hydrogens (tertiary/aromatic N) is 1. The first kappa shape index (κ1) is 13.4. The fraction of sp³-hybridized carbons (Fsp3) is 0.625. The molecular weight excluding hydrogens is 300 g/mol. The van der Waals surface area contributed by atoms with Gasteiger partial charge in [0.25, 0.3) is 0 Å². The molecule has 0 heterocycles. The van der Waals surface area contributed by atoms with Gasteiger partial charge >= 0.3 is 0 Å². The third kappa shape index (κ3) is 3.51. The normalized spacial score (nSPS) is 18.6. The number of rotatable bonds is 7. The van der Waals surface area contributed by atoms with E-state index in [1.54, 1.807) is 0 Å². The lowest BCUT2D eigenvalue weighted by molar-refractivity contribution is 0.679. The van der Waals surface area contributed by atoms with E-state index in [1.165, 1.54) is 54.4 Å². The highest BCUT2D eigenvalue weighted by Crippen LogP contribution is 2.35. The lowest BCUT2D eigenvalue weighted by Gasteiger charge is -2.27. The second-order valence-corrected chi connectivity index (χ2v) is 6.77. The van der Waals surface area contributed by atoms with Gasteiger partial charge in [-0.15, -0.1) is 0 Å². The van der Waals surface area contributed by atoms with Gasteiger partial charge in [-0.05, 0) is 49.8 Å². The van der Waals surface area contributed by atoms with Crippen LogP contribution in [0.3, 0.4) is 0 Å². The molecule has 2 aliphatic rings. The van der Waals surface area contributed by atoms with Gasteiger partial charge in [-0.1, -0.05) is 28.9 Å². The summed E-state index contributed by atoms with van der Waals surface area (Å²) in [7, 11) is 0. The number of anilines is 1. The summed E-state index contributed by atoms with van der Waals surface area (Å²) >= 11 is 3.63. The van der Waals surface area contributed by atoms with Gasteiger partial charge in [0.15, 0.2) is 0 Å². The van der Waals surface area contributed by atoms with E-state index in [-0.39, 0.29) is 0 Å². The molecule has 1 aromatic carbocycles. The smallest absolute Gasteiger partial charge is 0.0425 e. The summed E-state index contributed by atoms with van der Waals surface area (Å²) in [6.45, 7) is 4.47. The van der Waals surface area contributed by atoms with E-state index in [9.17, 15) is 0 Å². The van der Waals surface area contributed by atoms with Crippen LogP contribution in [0.25, 0.3) is 0 Å². The molecule has 3 heteroatoms. The first-order valence-electron chi connectivity index (χ1n) is 7.56. The first-order chi connectivity index (χ1) is 9.28.